The van der Waals surface area contributed by atoms with Crippen molar-refractivity contribution in [2.45, 2.75) is 38.6 Å². The quantitative estimate of drug-likeness (QED) is 0.751. The Labute approximate surface area is 157 Å². The first-order chi connectivity index (χ1) is 12.7. The van der Waals surface area contributed by atoms with Gasteiger partial charge in [-0.2, -0.15) is 0 Å². The Morgan fingerprint density at radius 1 is 1.00 bits per heavy atom. The lowest BCUT2D eigenvalue weighted by Gasteiger charge is -2.36. The standard InChI is InChI=1S/C19H34N4O3/c1-2-21-8-5-17(6-9-21)20-18(24)15-22-7-3-4-16(14-22)19(25)23-10-12-26-13-11-23/h16-17H,2-15H2,1H3,(H,20,24). The van der Waals surface area contributed by atoms with Crippen LogP contribution in [0.4, 0.5) is 0 Å². The van der Waals surface area contributed by atoms with Crippen molar-refractivity contribution in [3.63, 3.8) is 0 Å². The van der Waals surface area contributed by atoms with E-state index in [1.807, 2.05) is 4.90 Å². The molecule has 7 heteroatoms. The van der Waals surface area contributed by atoms with Gasteiger partial charge in [0.2, 0.25) is 11.8 Å². The molecule has 26 heavy (non-hydrogen) atoms. The van der Waals surface area contributed by atoms with Crippen LogP contribution in [0.3, 0.4) is 0 Å². The molecule has 0 aromatic heterocycles. The lowest BCUT2D eigenvalue weighted by molar-refractivity contribution is -0.142. The molecule has 0 aromatic carbocycles. The zero-order chi connectivity index (χ0) is 18.4. The number of morpholine rings is 1. The van der Waals surface area contributed by atoms with E-state index in [1.54, 1.807) is 0 Å². The summed E-state index contributed by atoms with van der Waals surface area (Å²) in [6, 6.07) is 0.306. The van der Waals surface area contributed by atoms with E-state index in [9.17, 15) is 9.59 Å². The number of nitrogens with zero attached hydrogens (tertiary/aromatic N) is 3. The highest BCUT2D eigenvalue weighted by Crippen LogP contribution is 2.19. The molecule has 3 aliphatic rings. The molecule has 3 saturated heterocycles. The van der Waals surface area contributed by atoms with E-state index in [1.165, 1.54) is 0 Å². The molecule has 0 bridgehead atoms. The van der Waals surface area contributed by atoms with Gasteiger partial charge in [-0.05, 0) is 38.8 Å². The Bertz CT molecular complexity index is 473. The van der Waals surface area contributed by atoms with Gasteiger partial charge in [0, 0.05) is 38.8 Å². The number of likely N-dealkylation sites (tertiary alicyclic amines) is 2. The fourth-order valence-electron chi connectivity index (χ4n) is 4.31. The summed E-state index contributed by atoms with van der Waals surface area (Å²) in [5.74, 6) is 0.382. The number of hydrogen-bond donors (Lipinski definition) is 1. The molecule has 1 atom stereocenters. The lowest BCUT2D eigenvalue weighted by Crippen LogP contribution is -2.51. The normalized spacial score (nSPS) is 26.7. The second-order valence-corrected chi connectivity index (χ2v) is 7.79. The van der Waals surface area contributed by atoms with Gasteiger partial charge >= 0.3 is 0 Å². The minimum absolute atomic E-state index is 0.0300. The first kappa shape index (κ1) is 19.6. The van der Waals surface area contributed by atoms with Crippen molar-refractivity contribution < 1.29 is 14.3 Å². The summed E-state index contributed by atoms with van der Waals surface area (Å²) < 4.78 is 5.34. The van der Waals surface area contributed by atoms with Crippen LogP contribution in [0.25, 0.3) is 0 Å². The molecule has 0 radical (unpaired) electrons. The largest absolute Gasteiger partial charge is 0.378 e. The van der Waals surface area contributed by atoms with Crippen molar-refractivity contribution in [2.75, 3.05) is 65.6 Å². The van der Waals surface area contributed by atoms with E-state index in [2.05, 4.69) is 22.0 Å². The highest BCUT2D eigenvalue weighted by Gasteiger charge is 2.31. The van der Waals surface area contributed by atoms with Crippen molar-refractivity contribution >= 4 is 11.8 Å². The number of rotatable bonds is 5. The molecule has 3 aliphatic heterocycles. The maximum Gasteiger partial charge on any atom is 0.234 e. The molecule has 1 N–H and O–H groups in total. The number of carbonyl (C=O) groups is 2. The van der Waals surface area contributed by atoms with Crippen LogP contribution in [-0.2, 0) is 14.3 Å². The van der Waals surface area contributed by atoms with Crippen LogP contribution in [-0.4, -0.2) is 98.1 Å². The topological polar surface area (TPSA) is 65.1 Å². The molecule has 0 aromatic rings. The fraction of sp³-hybridized carbons (Fsp3) is 0.895. The van der Waals surface area contributed by atoms with Gasteiger partial charge in [-0.1, -0.05) is 6.92 Å². The smallest absolute Gasteiger partial charge is 0.234 e. The van der Waals surface area contributed by atoms with E-state index in [-0.39, 0.29) is 17.7 Å². The molecule has 0 spiro atoms. The molecule has 3 heterocycles. The Hall–Kier alpha value is -1.18. The van der Waals surface area contributed by atoms with Gasteiger partial charge in [0.05, 0.1) is 25.7 Å². The van der Waals surface area contributed by atoms with E-state index in [0.717, 1.165) is 51.9 Å². The second kappa shape index (κ2) is 9.67. The van der Waals surface area contributed by atoms with E-state index in [0.29, 0.717) is 45.4 Å². The third kappa shape index (κ3) is 5.41. The molecule has 148 valence electrons. The van der Waals surface area contributed by atoms with Gasteiger partial charge in [0.1, 0.15) is 0 Å². The van der Waals surface area contributed by atoms with Gasteiger partial charge in [0.25, 0.3) is 0 Å². The van der Waals surface area contributed by atoms with Crippen LogP contribution >= 0.6 is 0 Å². The summed E-state index contributed by atoms with van der Waals surface area (Å²) in [6.07, 6.45) is 4.00. The Balaban J connectivity index is 1.41. The van der Waals surface area contributed by atoms with E-state index < -0.39 is 0 Å². The number of ether oxygens (including phenoxy) is 1. The third-order valence-corrected chi connectivity index (χ3v) is 5.94. The van der Waals surface area contributed by atoms with Crippen LogP contribution < -0.4 is 5.32 Å². The average molecular weight is 367 g/mol. The highest BCUT2D eigenvalue weighted by atomic mass is 16.5. The van der Waals surface area contributed by atoms with Crippen molar-refractivity contribution in [1.82, 2.24) is 20.0 Å². The van der Waals surface area contributed by atoms with Gasteiger partial charge in [0.15, 0.2) is 0 Å². The maximum atomic E-state index is 12.7. The third-order valence-electron chi connectivity index (χ3n) is 5.94. The average Bonchev–Trinajstić information content (AvgIpc) is 2.69. The van der Waals surface area contributed by atoms with Crippen LogP contribution in [0.1, 0.15) is 32.6 Å². The minimum atomic E-state index is 0.0300. The molecule has 1 unspecified atom stereocenters. The molecule has 0 saturated carbocycles. The number of nitrogens with one attached hydrogen (secondary N) is 1. The highest BCUT2D eigenvalue weighted by molar-refractivity contribution is 5.80. The van der Waals surface area contributed by atoms with Gasteiger partial charge in [-0.15, -0.1) is 0 Å². The van der Waals surface area contributed by atoms with Crippen molar-refractivity contribution in [3.05, 3.63) is 0 Å². The van der Waals surface area contributed by atoms with Crippen LogP contribution in [0, 0.1) is 5.92 Å². The Morgan fingerprint density at radius 3 is 2.42 bits per heavy atom. The summed E-state index contributed by atoms with van der Waals surface area (Å²) in [7, 11) is 0. The summed E-state index contributed by atoms with van der Waals surface area (Å²) in [5, 5.41) is 3.20. The maximum absolute atomic E-state index is 12.7. The fourth-order valence-corrected chi connectivity index (χ4v) is 4.31. The van der Waals surface area contributed by atoms with Gasteiger partial charge < -0.3 is 19.9 Å². The monoisotopic (exact) mass is 366 g/mol. The number of carbonyl (C=O) groups excluding carboxylic acids is 2. The molecule has 0 aliphatic carbocycles. The SMILES string of the molecule is CCN1CCC(NC(=O)CN2CCCC(C(=O)N3CCOCC3)C2)CC1. The van der Waals surface area contributed by atoms with E-state index in [4.69, 9.17) is 4.74 Å². The number of amides is 2. The van der Waals surface area contributed by atoms with Crippen LogP contribution in [0.5, 0.6) is 0 Å². The summed E-state index contributed by atoms with van der Waals surface area (Å²) in [6.45, 7) is 10.1. The molecule has 2 amide bonds. The zero-order valence-electron chi connectivity index (χ0n) is 16.1. The zero-order valence-corrected chi connectivity index (χ0v) is 16.1. The second-order valence-electron chi connectivity index (χ2n) is 7.79. The lowest BCUT2D eigenvalue weighted by atomic mass is 9.96. The van der Waals surface area contributed by atoms with Crippen molar-refractivity contribution in [2.24, 2.45) is 5.92 Å². The number of piperidine rings is 2. The summed E-state index contributed by atoms with van der Waals surface area (Å²) in [5.41, 5.74) is 0. The first-order valence-electron chi connectivity index (χ1n) is 10.3. The van der Waals surface area contributed by atoms with Gasteiger partial charge in [-0.3, -0.25) is 14.5 Å². The van der Waals surface area contributed by atoms with E-state index >= 15 is 0 Å². The molecule has 7 nitrogen and oxygen atoms in total. The van der Waals surface area contributed by atoms with Crippen LogP contribution in [0.2, 0.25) is 0 Å². The predicted octanol–water partition coefficient (Wildman–Crippen LogP) is 0.158. The Kier molecular flexibility index (Phi) is 7.28. The van der Waals surface area contributed by atoms with Gasteiger partial charge in [-0.25, -0.2) is 0 Å². The van der Waals surface area contributed by atoms with Crippen LogP contribution in [0.15, 0.2) is 0 Å². The number of hydrogen-bond acceptors (Lipinski definition) is 5. The molecule has 3 rings (SSSR count). The summed E-state index contributed by atoms with van der Waals surface area (Å²) >= 11 is 0. The van der Waals surface area contributed by atoms with Crippen molar-refractivity contribution in [1.29, 1.82) is 0 Å². The first-order valence-corrected chi connectivity index (χ1v) is 10.3. The molecular formula is C19H34N4O3. The molecular weight excluding hydrogens is 332 g/mol. The minimum Gasteiger partial charge on any atom is -0.378 e. The predicted molar refractivity (Wildman–Crippen MR) is 99.8 cm³/mol. The summed E-state index contributed by atoms with van der Waals surface area (Å²) in [4.78, 5) is 31.6. The molecule has 3 fully saturated rings. The Morgan fingerprint density at radius 2 is 1.73 bits per heavy atom. The van der Waals surface area contributed by atoms with Crippen molar-refractivity contribution in [3.8, 4) is 0 Å².